The van der Waals surface area contributed by atoms with Crippen molar-refractivity contribution in [3.8, 4) is 5.75 Å². The van der Waals surface area contributed by atoms with E-state index in [2.05, 4.69) is 102 Å². The van der Waals surface area contributed by atoms with Gasteiger partial charge >= 0.3 is 0 Å². The topological polar surface area (TPSA) is 37.5 Å². The number of aryl methyl sites for hydroxylation is 4. The van der Waals surface area contributed by atoms with Gasteiger partial charge in [-0.2, -0.15) is 41.5 Å². The normalized spacial score (nSPS) is 10.3. The van der Waals surface area contributed by atoms with Crippen molar-refractivity contribution in [3.63, 3.8) is 0 Å². The van der Waals surface area contributed by atoms with Crippen molar-refractivity contribution >= 4 is 30.0 Å². The summed E-state index contributed by atoms with van der Waals surface area (Å²) in [6, 6.07) is 52.9. The van der Waals surface area contributed by atoms with Crippen LogP contribution in [0.15, 0.2) is 151 Å². The fourth-order valence-corrected chi connectivity index (χ4v) is 7.29. The molecule has 1 aromatic heterocycles. The average molecular weight is 641 g/mol. The first-order valence-electron chi connectivity index (χ1n) is 14.4. The van der Waals surface area contributed by atoms with E-state index in [-0.39, 0.29) is 16.5 Å². The number of rotatable bonds is 5. The van der Waals surface area contributed by atoms with Crippen LogP contribution in [0.4, 0.5) is 0 Å². The monoisotopic (exact) mass is 640 g/mol. The van der Waals surface area contributed by atoms with Gasteiger partial charge in [0.1, 0.15) is 21.7 Å². The number of hydrogen-bond donors (Lipinski definition) is 1. The van der Waals surface area contributed by atoms with Gasteiger partial charge in [0.05, 0.1) is 14.1 Å². The molecule has 3 nitrogen and oxygen atoms in total. The van der Waals surface area contributed by atoms with Crippen molar-refractivity contribution in [2.45, 2.75) is 27.7 Å². The molecule has 6 rings (SSSR count). The zero-order valence-corrected chi connectivity index (χ0v) is 27.6. The molecule has 0 amide bonds. The molecule has 5 heteroatoms. The minimum atomic E-state index is -0.877. The van der Waals surface area contributed by atoms with Gasteiger partial charge in [0, 0.05) is 33.4 Å². The van der Waals surface area contributed by atoms with E-state index in [4.69, 9.17) is 0 Å². The number of aromatic nitrogens is 1. The summed E-state index contributed by atoms with van der Waals surface area (Å²) in [6.45, 7) is 7.92. The van der Waals surface area contributed by atoms with E-state index in [1.54, 1.807) is 6.21 Å². The van der Waals surface area contributed by atoms with E-state index in [1.807, 2.05) is 87.0 Å². The van der Waals surface area contributed by atoms with E-state index in [0.717, 1.165) is 28.1 Å². The molecule has 0 saturated heterocycles. The number of nitrogens with zero attached hydrogens (tertiary/aromatic N) is 2. The Morgan fingerprint density at radius 2 is 1.05 bits per heavy atom. The predicted octanol–water partition coefficient (Wildman–Crippen LogP) is 7.97. The Morgan fingerprint density at radius 1 is 0.614 bits per heavy atom. The molecule has 0 aliphatic heterocycles. The number of aromatic hydroxyl groups is 1. The largest absolute Gasteiger partial charge is 0.507 e. The predicted molar refractivity (Wildman–Crippen MR) is 186 cm³/mol. The zero-order valence-electron chi connectivity index (χ0n) is 25.6. The minimum Gasteiger partial charge on any atom is -0.507 e. The van der Waals surface area contributed by atoms with Crippen LogP contribution >= 0.6 is 7.92 Å². The molecule has 1 heterocycles. The smallest absolute Gasteiger partial charge is 0.127 e. The summed E-state index contributed by atoms with van der Waals surface area (Å²) < 4.78 is 1.86. The third-order valence-electron chi connectivity index (χ3n) is 6.82. The molecule has 0 unspecified atom stereocenters. The van der Waals surface area contributed by atoms with Crippen molar-refractivity contribution in [2.24, 2.45) is 5.10 Å². The molecule has 0 bridgehead atoms. The van der Waals surface area contributed by atoms with Crippen molar-refractivity contribution in [3.05, 3.63) is 180 Å². The van der Waals surface area contributed by atoms with Crippen LogP contribution in [0.3, 0.4) is 0 Å². The van der Waals surface area contributed by atoms with Gasteiger partial charge in [-0.05, 0) is 93.4 Å². The molecule has 0 radical (unpaired) electrons. The van der Waals surface area contributed by atoms with Crippen LogP contribution in [0.25, 0.3) is 0 Å². The van der Waals surface area contributed by atoms with Gasteiger partial charge in [0.15, 0.2) is 0 Å². The van der Waals surface area contributed by atoms with Gasteiger partial charge in [-0.15, -0.1) is 0 Å². The average Bonchev–Trinajstić information content (AvgIpc) is 3.37. The Morgan fingerprint density at radius 3 is 1.43 bits per heavy atom. The molecule has 226 valence electrons. The van der Waals surface area contributed by atoms with Crippen LogP contribution < -0.4 is 15.9 Å². The number of phenols is 1. The van der Waals surface area contributed by atoms with Gasteiger partial charge in [0.25, 0.3) is 0 Å². The number of benzene rings is 5. The molecule has 0 aliphatic carbocycles. The van der Waals surface area contributed by atoms with E-state index in [9.17, 15) is 5.11 Å². The first kappa shape index (κ1) is 34.3. The molecule has 6 aromatic rings. The summed E-state index contributed by atoms with van der Waals surface area (Å²) in [7, 11) is -0.877. The maximum atomic E-state index is 9.99. The van der Waals surface area contributed by atoms with E-state index in [0.29, 0.717) is 5.75 Å². The minimum absolute atomic E-state index is 0. The third kappa shape index (κ3) is 9.92. The molecule has 0 spiro atoms. The second-order valence-corrected chi connectivity index (χ2v) is 12.7. The Kier molecular flexibility index (Phi) is 13.9. The zero-order chi connectivity index (χ0) is 30.4. The van der Waals surface area contributed by atoms with Crippen LogP contribution in [-0.4, -0.2) is 16.0 Å². The third-order valence-corrected chi connectivity index (χ3v) is 9.55. The van der Waals surface area contributed by atoms with Crippen molar-refractivity contribution in [1.82, 2.24) is 4.68 Å². The first-order valence-corrected chi connectivity index (χ1v) is 15.9. The SMILES string of the molecule is Cc1cc(C)c(O)c(/C=N/n2c(C)ccc2C)c1.[Ni].[c-]1ccccc1.c1ccc([PH+](c2ccccc2)c2ccccc2)cc1. The van der Waals surface area contributed by atoms with Crippen LogP contribution in [0.2, 0.25) is 0 Å². The molecule has 44 heavy (non-hydrogen) atoms. The molecule has 0 atom stereocenters. The molecular formula is C39H39N2NiOP. The molecule has 5 aromatic carbocycles. The summed E-state index contributed by atoms with van der Waals surface area (Å²) in [6.07, 6.45) is 1.70. The summed E-state index contributed by atoms with van der Waals surface area (Å²) in [4.78, 5) is 0. The fourth-order valence-electron chi connectivity index (χ4n) is 4.71. The maximum Gasteiger partial charge on any atom is 0.127 e. The van der Waals surface area contributed by atoms with E-state index in [1.165, 1.54) is 15.9 Å². The van der Waals surface area contributed by atoms with E-state index < -0.39 is 7.92 Å². The maximum absolute atomic E-state index is 9.99. The van der Waals surface area contributed by atoms with Crippen LogP contribution in [-0.2, 0) is 16.5 Å². The summed E-state index contributed by atoms with van der Waals surface area (Å²) >= 11 is 0. The van der Waals surface area contributed by atoms with Crippen LogP contribution in [0.5, 0.6) is 5.75 Å². The standard InChI is InChI=1S/C18H15P.C15H18N2O.C6H5.Ni/c1-4-10-16(11-5-1)19(17-12-6-2-7-13-17)18-14-8-3-9-15-18;1-10-7-11(2)15(18)14(8-10)9-16-17-12(3)5-6-13(17)4;1-2-4-6-5-3-1;/h1-15H;5-9,18H,1-4H3;1-5H;/q;;-1;/p+1/b;16-9+;;. The number of hydrogen-bond acceptors (Lipinski definition) is 2. The van der Waals surface area contributed by atoms with Gasteiger partial charge in [-0.3, -0.25) is 0 Å². The molecule has 0 fully saturated rings. The quantitative estimate of drug-likeness (QED) is 0.0882. The Balaban J connectivity index is 0.000000199. The molecule has 0 aliphatic rings. The van der Waals surface area contributed by atoms with Gasteiger partial charge in [0.2, 0.25) is 0 Å². The van der Waals surface area contributed by atoms with Crippen molar-refractivity contribution < 1.29 is 21.6 Å². The second kappa shape index (κ2) is 17.8. The van der Waals surface area contributed by atoms with Gasteiger partial charge < -0.3 is 5.11 Å². The summed E-state index contributed by atoms with van der Waals surface area (Å²) in [5.74, 6) is 0.298. The summed E-state index contributed by atoms with van der Waals surface area (Å²) in [5.41, 5.74) is 4.89. The van der Waals surface area contributed by atoms with Crippen molar-refractivity contribution in [2.75, 3.05) is 0 Å². The van der Waals surface area contributed by atoms with Crippen LogP contribution in [0, 0.1) is 33.8 Å². The molecular weight excluding hydrogens is 602 g/mol. The van der Waals surface area contributed by atoms with E-state index >= 15 is 0 Å². The number of phenolic OH excluding ortho intramolecular Hbond substituents is 1. The first-order chi connectivity index (χ1) is 20.9. The Hall–Kier alpha value is -4.23. The van der Waals surface area contributed by atoms with Crippen LogP contribution in [0.1, 0.15) is 28.1 Å². The van der Waals surface area contributed by atoms with Gasteiger partial charge in [-0.25, -0.2) is 4.68 Å². The summed E-state index contributed by atoms with van der Waals surface area (Å²) in [5, 5.41) is 18.7. The Bertz CT molecular complexity index is 1560. The Labute approximate surface area is 273 Å². The second-order valence-electron chi connectivity index (χ2n) is 10.2. The molecule has 0 saturated carbocycles. The van der Waals surface area contributed by atoms with Crippen molar-refractivity contribution in [1.29, 1.82) is 0 Å². The molecule has 1 N–H and O–H groups in total. The fraction of sp³-hybridized carbons (Fsp3) is 0.103. The van der Waals surface area contributed by atoms with Gasteiger partial charge in [-0.1, -0.05) is 60.7 Å².